The molecule has 1 rings (SSSR count). The van der Waals surface area contributed by atoms with E-state index in [0.29, 0.717) is 6.04 Å². The van der Waals surface area contributed by atoms with E-state index in [1.54, 1.807) is 0 Å². The van der Waals surface area contributed by atoms with Crippen LogP contribution in [0.25, 0.3) is 0 Å². The predicted molar refractivity (Wildman–Crippen MR) is 62.6 cm³/mol. The molecular weight excluding hydrogens is 170 g/mol. The lowest BCUT2D eigenvalue weighted by molar-refractivity contribution is 0.664. The lowest BCUT2D eigenvalue weighted by atomic mass is 9.97. The normalized spacial score (nSPS) is 12.9. The van der Waals surface area contributed by atoms with E-state index in [2.05, 4.69) is 39.8 Å². The Bertz CT molecular complexity index is 313. The van der Waals surface area contributed by atoms with Crippen LogP contribution in [0.2, 0.25) is 0 Å². The molecule has 0 bridgehead atoms. The van der Waals surface area contributed by atoms with Crippen LogP contribution in [0.3, 0.4) is 0 Å². The third-order valence-corrected chi connectivity index (χ3v) is 2.82. The maximum atomic E-state index is 5.76. The van der Waals surface area contributed by atoms with Gasteiger partial charge in [-0.15, -0.1) is 0 Å². The van der Waals surface area contributed by atoms with Crippen LogP contribution < -0.4 is 5.73 Å². The van der Waals surface area contributed by atoms with Crippen LogP contribution in [-0.2, 0) is 6.42 Å². The first-order valence-electron chi connectivity index (χ1n) is 5.33. The second-order valence-electron chi connectivity index (χ2n) is 4.38. The SMILES string of the molecule is Cc1cc(C)c(CC[C@H](C)N)cc1C. The molecular formula is C13H21N. The zero-order valence-electron chi connectivity index (χ0n) is 9.72. The highest BCUT2D eigenvalue weighted by atomic mass is 14.6. The summed E-state index contributed by atoms with van der Waals surface area (Å²) in [4.78, 5) is 0. The molecule has 0 aliphatic heterocycles. The van der Waals surface area contributed by atoms with Gasteiger partial charge >= 0.3 is 0 Å². The molecule has 0 aliphatic carbocycles. The second-order valence-corrected chi connectivity index (χ2v) is 4.38. The van der Waals surface area contributed by atoms with Crippen LogP contribution in [-0.4, -0.2) is 6.04 Å². The van der Waals surface area contributed by atoms with Crippen LogP contribution in [0.15, 0.2) is 12.1 Å². The first-order valence-corrected chi connectivity index (χ1v) is 5.33. The van der Waals surface area contributed by atoms with Crippen molar-refractivity contribution in [1.29, 1.82) is 0 Å². The Morgan fingerprint density at radius 3 is 2.21 bits per heavy atom. The molecule has 1 heteroatoms. The average molecular weight is 191 g/mol. The predicted octanol–water partition coefficient (Wildman–Crippen LogP) is 2.89. The zero-order valence-corrected chi connectivity index (χ0v) is 9.72. The van der Waals surface area contributed by atoms with Gasteiger partial charge < -0.3 is 5.73 Å². The summed E-state index contributed by atoms with van der Waals surface area (Å²) in [5.74, 6) is 0. The Hall–Kier alpha value is -0.820. The summed E-state index contributed by atoms with van der Waals surface area (Å²) in [6, 6.07) is 4.87. The molecule has 0 saturated heterocycles. The van der Waals surface area contributed by atoms with Gasteiger partial charge in [0, 0.05) is 6.04 Å². The standard InChI is InChI=1S/C13H21N/c1-9-7-11(3)13(8-10(9)2)6-5-12(4)14/h7-8,12H,5-6,14H2,1-4H3/t12-/m0/s1. The minimum absolute atomic E-state index is 0.302. The van der Waals surface area contributed by atoms with E-state index in [1.807, 2.05) is 0 Å². The van der Waals surface area contributed by atoms with Gasteiger partial charge in [0.05, 0.1) is 0 Å². The first kappa shape index (κ1) is 11.3. The van der Waals surface area contributed by atoms with E-state index in [0.717, 1.165) is 12.8 Å². The van der Waals surface area contributed by atoms with Gasteiger partial charge in [0.1, 0.15) is 0 Å². The fourth-order valence-electron chi connectivity index (χ4n) is 1.67. The molecule has 0 aromatic heterocycles. The fraction of sp³-hybridized carbons (Fsp3) is 0.538. The molecule has 1 aromatic rings. The minimum atomic E-state index is 0.302. The van der Waals surface area contributed by atoms with Crippen molar-refractivity contribution in [2.75, 3.05) is 0 Å². The highest BCUT2D eigenvalue weighted by Crippen LogP contribution is 2.17. The maximum Gasteiger partial charge on any atom is 0.00136 e. The van der Waals surface area contributed by atoms with Crippen LogP contribution in [0.4, 0.5) is 0 Å². The molecule has 0 radical (unpaired) electrons. The lowest BCUT2D eigenvalue weighted by Crippen LogP contribution is -2.15. The molecule has 0 spiro atoms. The number of nitrogens with two attached hydrogens (primary N) is 1. The minimum Gasteiger partial charge on any atom is -0.328 e. The molecule has 1 nitrogen and oxygen atoms in total. The number of hydrogen-bond donors (Lipinski definition) is 1. The van der Waals surface area contributed by atoms with Gasteiger partial charge in [0.2, 0.25) is 0 Å². The van der Waals surface area contributed by atoms with E-state index in [-0.39, 0.29) is 0 Å². The molecule has 0 fully saturated rings. The first-order chi connectivity index (χ1) is 6.50. The van der Waals surface area contributed by atoms with Crippen molar-refractivity contribution in [3.63, 3.8) is 0 Å². The summed E-state index contributed by atoms with van der Waals surface area (Å²) in [5, 5.41) is 0. The quantitative estimate of drug-likeness (QED) is 0.781. The Morgan fingerprint density at radius 2 is 1.64 bits per heavy atom. The summed E-state index contributed by atoms with van der Waals surface area (Å²) in [7, 11) is 0. The Labute approximate surface area is 87.3 Å². The monoisotopic (exact) mass is 191 g/mol. The van der Waals surface area contributed by atoms with Crippen molar-refractivity contribution in [2.24, 2.45) is 5.73 Å². The molecule has 0 heterocycles. The van der Waals surface area contributed by atoms with E-state index in [4.69, 9.17) is 5.73 Å². The summed E-state index contributed by atoms with van der Waals surface area (Å²) in [5.41, 5.74) is 11.4. The summed E-state index contributed by atoms with van der Waals surface area (Å²) < 4.78 is 0. The van der Waals surface area contributed by atoms with Crippen molar-refractivity contribution >= 4 is 0 Å². The molecule has 0 saturated carbocycles. The van der Waals surface area contributed by atoms with Gasteiger partial charge in [-0.25, -0.2) is 0 Å². The van der Waals surface area contributed by atoms with Gasteiger partial charge in [0.15, 0.2) is 0 Å². The largest absolute Gasteiger partial charge is 0.328 e. The van der Waals surface area contributed by atoms with Crippen LogP contribution in [0.5, 0.6) is 0 Å². The highest BCUT2D eigenvalue weighted by Gasteiger charge is 2.03. The Morgan fingerprint density at radius 1 is 1.07 bits per heavy atom. The summed E-state index contributed by atoms with van der Waals surface area (Å²) >= 11 is 0. The van der Waals surface area contributed by atoms with Crippen molar-refractivity contribution < 1.29 is 0 Å². The van der Waals surface area contributed by atoms with Crippen molar-refractivity contribution in [3.8, 4) is 0 Å². The van der Waals surface area contributed by atoms with Crippen LogP contribution in [0.1, 0.15) is 35.6 Å². The molecule has 1 atom stereocenters. The summed E-state index contributed by atoms with van der Waals surface area (Å²) in [6.07, 6.45) is 2.17. The number of benzene rings is 1. The smallest absolute Gasteiger partial charge is 0.00136 e. The molecule has 14 heavy (non-hydrogen) atoms. The number of rotatable bonds is 3. The van der Waals surface area contributed by atoms with Gasteiger partial charge in [0.25, 0.3) is 0 Å². The van der Waals surface area contributed by atoms with Gasteiger partial charge in [-0.05, 0) is 62.8 Å². The molecule has 78 valence electrons. The van der Waals surface area contributed by atoms with Crippen molar-refractivity contribution in [1.82, 2.24) is 0 Å². The van der Waals surface area contributed by atoms with Gasteiger partial charge in [-0.1, -0.05) is 12.1 Å². The number of hydrogen-bond acceptors (Lipinski definition) is 1. The fourth-order valence-corrected chi connectivity index (χ4v) is 1.67. The van der Waals surface area contributed by atoms with Crippen molar-refractivity contribution in [3.05, 3.63) is 34.4 Å². The lowest BCUT2D eigenvalue weighted by Gasteiger charge is -2.11. The molecule has 0 amide bonds. The third kappa shape index (κ3) is 2.85. The van der Waals surface area contributed by atoms with Crippen LogP contribution in [0, 0.1) is 20.8 Å². The topological polar surface area (TPSA) is 26.0 Å². The van der Waals surface area contributed by atoms with Crippen LogP contribution >= 0.6 is 0 Å². The Balaban J connectivity index is 2.82. The van der Waals surface area contributed by atoms with Gasteiger partial charge in [-0.2, -0.15) is 0 Å². The second kappa shape index (κ2) is 4.61. The molecule has 2 N–H and O–H groups in total. The summed E-state index contributed by atoms with van der Waals surface area (Å²) in [6.45, 7) is 8.58. The van der Waals surface area contributed by atoms with E-state index in [1.165, 1.54) is 22.3 Å². The maximum absolute atomic E-state index is 5.76. The third-order valence-electron chi connectivity index (χ3n) is 2.82. The molecule has 0 aliphatic rings. The van der Waals surface area contributed by atoms with Gasteiger partial charge in [-0.3, -0.25) is 0 Å². The molecule has 1 aromatic carbocycles. The van der Waals surface area contributed by atoms with Crippen molar-refractivity contribution in [2.45, 2.75) is 46.6 Å². The van der Waals surface area contributed by atoms with E-state index >= 15 is 0 Å². The zero-order chi connectivity index (χ0) is 10.7. The number of aryl methyl sites for hydroxylation is 4. The Kier molecular flexibility index (Phi) is 3.70. The molecule has 0 unspecified atom stereocenters. The van der Waals surface area contributed by atoms with E-state index in [9.17, 15) is 0 Å². The highest BCUT2D eigenvalue weighted by molar-refractivity contribution is 5.36. The average Bonchev–Trinajstić information content (AvgIpc) is 2.09. The van der Waals surface area contributed by atoms with E-state index < -0.39 is 0 Å².